The number of nitro groups is 1. The molecule has 1 saturated heterocycles. The normalized spacial score (nSPS) is 14.5. The fraction of sp³-hybridized carbons (Fsp3) is 0.318. The topological polar surface area (TPSA) is 93.9 Å². The first-order valence-corrected chi connectivity index (χ1v) is 9.83. The molecule has 0 bridgehead atoms. The van der Waals surface area contributed by atoms with Gasteiger partial charge in [0.15, 0.2) is 0 Å². The summed E-state index contributed by atoms with van der Waals surface area (Å²) in [6.07, 6.45) is 2.74. The number of carbonyl (C=O) groups excluding carboxylic acids is 1. The molecule has 30 heavy (non-hydrogen) atoms. The molecule has 0 aliphatic carbocycles. The van der Waals surface area contributed by atoms with Crippen LogP contribution in [0, 0.1) is 10.1 Å². The lowest BCUT2D eigenvalue weighted by Crippen LogP contribution is -2.38. The Labute approximate surface area is 175 Å². The molecule has 2 aromatic carbocycles. The van der Waals surface area contributed by atoms with E-state index in [9.17, 15) is 14.9 Å². The first-order valence-electron chi connectivity index (χ1n) is 9.83. The molecule has 3 rings (SSSR count). The Morgan fingerprint density at radius 1 is 1.20 bits per heavy atom. The number of benzene rings is 2. The van der Waals surface area contributed by atoms with E-state index in [1.807, 2.05) is 24.3 Å². The SMILES string of the molecule is O=C(/C=C/c1ccccc1[N+](=O)[O-])NCc1cccc(OCCN2CCOCC2)c1. The van der Waals surface area contributed by atoms with Crippen LogP contribution in [0.1, 0.15) is 11.1 Å². The zero-order chi connectivity index (χ0) is 21.2. The largest absolute Gasteiger partial charge is 0.492 e. The summed E-state index contributed by atoms with van der Waals surface area (Å²) in [4.78, 5) is 24.9. The Kier molecular flexibility index (Phi) is 7.94. The van der Waals surface area contributed by atoms with Gasteiger partial charge >= 0.3 is 0 Å². The van der Waals surface area contributed by atoms with Gasteiger partial charge in [0, 0.05) is 38.3 Å². The van der Waals surface area contributed by atoms with Crippen molar-refractivity contribution in [2.24, 2.45) is 0 Å². The second-order valence-electron chi connectivity index (χ2n) is 6.82. The van der Waals surface area contributed by atoms with Crippen LogP contribution in [0.4, 0.5) is 5.69 Å². The standard InChI is InChI=1S/C22H25N3O5/c26-22(9-8-19-5-1-2-7-21(19)25(27)28)23-17-18-4-3-6-20(16-18)30-15-12-24-10-13-29-14-11-24/h1-9,16H,10-15,17H2,(H,23,26)/b9-8+. The maximum atomic E-state index is 12.1. The van der Waals surface area contributed by atoms with Crippen molar-refractivity contribution in [2.75, 3.05) is 39.5 Å². The van der Waals surface area contributed by atoms with E-state index in [1.165, 1.54) is 18.2 Å². The summed E-state index contributed by atoms with van der Waals surface area (Å²) in [7, 11) is 0. The number of rotatable bonds is 9. The molecule has 0 spiro atoms. The van der Waals surface area contributed by atoms with E-state index < -0.39 is 4.92 Å². The van der Waals surface area contributed by atoms with Gasteiger partial charge in [0.05, 0.1) is 23.7 Å². The Morgan fingerprint density at radius 2 is 2.00 bits per heavy atom. The van der Waals surface area contributed by atoms with Gasteiger partial charge in [-0.1, -0.05) is 24.3 Å². The fourth-order valence-electron chi connectivity index (χ4n) is 3.07. The fourth-order valence-corrected chi connectivity index (χ4v) is 3.07. The molecule has 1 aliphatic heterocycles. The number of hydrogen-bond acceptors (Lipinski definition) is 6. The zero-order valence-corrected chi connectivity index (χ0v) is 16.7. The Morgan fingerprint density at radius 3 is 2.80 bits per heavy atom. The monoisotopic (exact) mass is 411 g/mol. The second-order valence-corrected chi connectivity index (χ2v) is 6.82. The lowest BCUT2D eigenvalue weighted by Gasteiger charge is -2.26. The minimum Gasteiger partial charge on any atom is -0.492 e. The van der Waals surface area contributed by atoms with Crippen molar-refractivity contribution in [1.29, 1.82) is 0 Å². The Hall–Kier alpha value is -3.23. The van der Waals surface area contributed by atoms with E-state index >= 15 is 0 Å². The van der Waals surface area contributed by atoms with Crippen molar-refractivity contribution in [3.63, 3.8) is 0 Å². The van der Waals surface area contributed by atoms with Crippen LogP contribution in [0.15, 0.2) is 54.6 Å². The lowest BCUT2D eigenvalue weighted by molar-refractivity contribution is -0.385. The van der Waals surface area contributed by atoms with Gasteiger partial charge in [-0.2, -0.15) is 0 Å². The highest BCUT2D eigenvalue weighted by molar-refractivity contribution is 5.92. The van der Waals surface area contributed by atoms with E-state index in [-0.39, 0.29) is 11.6 Å². The highest BCUT2D eigenvalue weighted by Crippen LogP contribution is 2.19. The summed E-state index contributed by atoms with van der Waals surface area (Å²) in [5.41, 5.74) is 1.25. The molecule has 2 aromatic rings. The van der Waals surface area contributed by atoms with Gasteiger partial charge < -0.3 is 14.8 Å². The van der Waals surface area contributed by atoms with Gasteiger partial charge in [0.2, 0.25) is 5.91 Å². The van der Waals surface area contributed by atoms with Crippen molar-refractivity contribution in [3.05, 3.63) is 75.8 Å². The molecule has 0 radical (unpaired) electrons. The van der Waals surface area contributed by atoms with Gasteiger partial charge in [-0.15, -0.1) is 0 Å². The van der Waals surface area contributed by atoms with Gasteiger partial charge in [0.25, 0.3) is 5.69 Å². The highest BCUT2D eigenvalue weighted by Gasteiger charge is 2.11. The predicted molar refractivity (Wildman–Crippen MR) is 113 cm³/mol. The van der Waals surface area contributed by atoms with Crippen molar-refractivity contribution in [3.8, 4) is 5.75 Å². The smallest absolute Gasteiger partial charge is 0.276 e. The molecule has 1 N–H and O–H groups in total. The van der Waals surface area contributed by atoms with Crippen molar-refractivity contribution in [2.45, 2.75) is 6.54 Å². The van der Waals surface area contributed by atoms with Crippen LogP contribution in [0.5, 0.6) is 5.75 Å². The summed E-state index contributed by atoms with van der Waals surface area (Å²) in [6, 6.07) is 13.8. The quantitative estimate of drug-likeness (QED) is 0.387. The molecule has 8 nitrogen and oxygen atoms in total. The molecule has 0 saturated carbocycles. The summed E-state index contributed by atoms with van der Waals surface area (Å²) in [6.45, 7) is 5.16. The first-order chi connectivity index (χ1) is 14.6. The Balaban J connectivity index is 1.46. The Bertz CT molecular complexity index is 894. The molecule has 8 heteroatoms. The number of nitrogens with zero attached hydrogens (tertiary/aromatic N) is 2. The number of para-hydroxylation sites is 1. The van der Waals surface area contributed by atoms with Crippen LogP contribution in [-0.2, 0) is 16.1 Å². The zero-order valence-electron chi connectivity index (χ0n) is 16.7. The van der Waals surface area contributed by atoms with Crippen molar-refractivity contribution >= 4 is 17.7 Å². The third kappa shape index (κ3) is 6.68. The minimum atomic E-state index is -0.470. The average molecular weight is 411 g/mol. The summed E-state index contributed by atoms with van der Waals surface area (Å²) >= 11 is 0. The van der Waals surface area contributed by atoms with Crippen LogP contribution < -0.4 is 10.1 Å². The average Bonchev–Trinajstić information content (AvgIpc) is 2.77. The summed E-state index contributed by atoms with van der Waals surface area (Å²) < 4.78 is 11.2. The van der Waals surface area contributed by atoms with E-state index in [4.69, 9.17) is 9.47 Å². The van der Waals surface area contributed by atoms with Crippen molar-refractivity contribution < 1.29 is 19.2 Å². The summed E-state index contributed by atoms with van der Waals surface area (Å²) in [5.74, 6) is 0.428. The maximum absolute atomic E-state index is 12.1. The van der Waals surface area contributed by atoms with Crippen LogP contribution >= 0.6 is 0 Å². The van der Waals surface area contributed by atoms with Gasteiger partial charge in [-0.05, 0) is 29.8 Å². The number of hydrogen-bond donors (Lipinski definition) is 1. The maximum Gasteiger partial charge on any atom is 0.276 e. The number of nitrogens with one attached hydrogen (secondary N) is 1. The van der Waals surface area contributed by atoms with Crippen LogP contribution in [0.25, 0.3) is 6.08 Å². The van der Waals surface area contributed by atoms with E-state index in [0.717, 1.165) is 44.2 Å². The molecule has 1 amide bonds. The van der Waals surface area contributed by atoms with Crippen LogP contribution in [0.3, 0.4) is 0 Å². The van der Waals surface area contributed by atoms with Crippen LogP contribution in [-0.4, -0.2) is 55.2 Å². The molecule has 0 atom stereocenters. The predicted octanol–water partition coefficient (Wildman–Crippen LogP) is 2.64. The van der Waals surface area contributed by atoms with Crippen molar-refractivity contribution in [1.82, 2.24) is 10.2 Å². The van der Waals surface area contributed by atoms with E-state index in [0.29, 0.717) is 18.7 Å². The molecule has 1 fully saturated rings. The third-order valence-electron chi connectivity index (χ3n) is 4.69. The number of amides is 1. The van der Waals surface area contributed by atoms with E-state index in [1.54, 1.807) is 18.2 Å². The molecule has 0 aromatic heterocycles. The lowest BCUT2D eigenvalue weighted by atomic mass is 10.1. The molecule has 158 valence electrons. The first kappa shape index (κ1) is 21.5. The third-order valence-corrected chi connectivity index (χ3v) is 4.69. The molecular formula is C22H25N3O5. The second kappa shape index (κ2) is 11.1. The number of ether oxygens (including phenoxy) is 2. The number of morpholine rings is 1. The molecule has 1 aliphatic rings. The van der Waals surface area contributed by atoms with Gasteiger partial charge in [0.1, 0.15) is 12.4 Å². The molecule has 1 heterocycles. The highest BCUT2D eigenvalue weighted by atomic mass is 16.6. The van der Waals surface area contributed by atoms with Gasteiger partial charge in [-0.25, -0.2) is 0 Å². The number of carbonyl (C=O) groups is 1. The number of nitro benzene ring substituents is 1. The van der Waals surface area contributed by atoms with Gasteiger partial charge in [-0.3, -0.25) is 19.8 Å². The minimum absolute atomic E-state index is 0.0384. The van der Waals surface area contributed by atoms with E-state index in [2.05, 4.69) is 10.2 Å². The summed E-state index contributed by atoms with van der Waals surface area (Å²) in [5, 5.41) is 13.8. The molecular weight excluding hydrogens is 386 g/mol. The molecule has 0 unspecified atom stereocenters. The van der Waals surface area contributed by atoms with Crippen LogP contribution in [0.2, 0.25) is 0 Å².